The molecule has 3 rings (SSSR count). The molecule has 0 bridgehead atoms. The van der Waals surface area contributed by atoms with Crippen LogP contribution in [-0.2, 0) is 0 Å². The number of rotatable bonds is 3. The van der Waals surface area contributed by atoms with Crippen molar-refractivity contribution in [2.45, 2.75) is 39.0 Å². The smallest absolute Gasteiger partial charge is 0.123 e. The summed E-state index contributed by atoms with van der Waals surface area (Å²) >= 11 is 0. The molecule has 0 saturated heterocycles. The van der Waals surface area contributed by atoms with Crippen molar-refractivity contribution in [1.82, 2.24) is 0 Å². The SMILES string of the molecule is CCC=C[C@H]1CC[C@H](C#Cc2ccc(-c3ccc(F)cc3)cc2)CC1. The molecule has 0 N–H and O–H groups in total. The molecule has 0 unspecified atom stereocenters. The summed E-state index contributed by atoms with van der Waals surface area (Å²) in [6.45, 7) is 2.19. The molecule has 1 fully saturated rings. The lowest BCUT2D eigenvalue weighted by molar-refractivity contribution is 0.364. The quantitative estimate of drug-likeness (QED) is 0.438. The second-order valence-electron chi connectivity index (χ2n) is 6.80. The molecule has 0 aliphatic heterocycles. The zero-order chi connectivity index (χ0) is 17.5. The highest BCUT2D eigenvalue weighted by molar-refractivity contribution is 5.64. The largest absolute Gasteiger partial charge is 0.207 e. The maximum absolute atomic E-state index is 13.0. The molecule has 1 aliphatic carbocycles. The second kappa shape index (κ2) is 8.67. The molecule has 1 aliphatic rings. The monoisotopic (exact) mass is 332 g/mol. The zero-order valence-electron chi connectivity index (χ0n) is 14.8. The van der Waals surface area contributed by atoms with Crippen molar-refractivity contribution in [3.8, 4) is 23.0 Å². The van der Waals surface area contributed by atoms with Gasteiger partial charge in [-0.15, -0.1) is 0 Å². The zero-order valence-corrected chi connectivity index (χ0v) is 14.8. The van der Waals surface area contributed by atoms with Crippen LogP contribution in [0, 0.1) is 29.5 Å². The number of hydrogen-bond donors (Lipinski definition) is 0. The summed E-state index contributed by atoms with van der Waals surface area (Å²) in [7, 11) is 0. The van der Waals surface area contributed by atoms with Gasteiger partial charge in [-0.2, -0.15) is 0 Å². The first-order valence-corrected chi connectivity index (χ1v) is 9.29. The van der Waals surface area contributed by atoms with Gasteiger partial charge in [0.1, 0.15) is 5.82 Å². The summed E-state index contributed by atoms with van der Waals surface area (Å²) in [4.78, 5) is 0. The molecule has 128 valence electrons. The molecule has 0 spiro atoms. The van der Waals surface area contributed by atoms with Gasteiger partial charge in [0.25, 0.3) is 0 Å². The Balaban J connectivity index is 1.58. The predicted octanol–water partition coefficient (Wildman–Crippen LogP) is 6.62. The van der Waals surface area contributed by atoms with Gasteiger partial charge in [-0.25, -0.2) is 4.39 Å². The first kappa shape index (κ1) is 17.5. The van der Waals surface area contributed by atoms with Gasteiger partial charge in [0.15, 0.2) is 0 Å². The van der Waals surface area contributed by atoms with Crippen LogP contribution >= 0.6 is 0 Å². The lowest BCUT2D eigenvalue weighted by Crippen LogP contribution is -2.11. The van der Waals surface area contributed by atoms with Crippen molar-refractivity contribution in [3.05, 3.63) is 72.1 Å². The minimum absolute atomic E-state index is 0.203. The second-order valence-corrected chi connectivity index (χ2v) is 6.80. The van der Waals surface area contributed by atoms with Crippen LogP contribution in [0.25, 0.3) is 11.1 Å². The van der Waals surface area contributed by atoms with Gasteiger partial charge in [0.2, 0.25) is 0 Å². The van der Waals surface area contributed by atoms with Gasteiger partial charge in [0, 0.05) is 11.5 Å². The molecule has 0 aromatic heterocycles. The highest BCUT2D eigenvalue weighted by atomic mass is 19.1. The van der Waals surface area contributed by atoms with E-state index in [9.17, 15) is 4.39 Å². The van der Waals surface area contributed by atoms with E-state index >= 15 is 0 Å². The van der Waals surface area contributed by atoms with Gasteiger partial charge in [-0.3, -0.25) is 0 Å². The highest BCUT2D eigenvalue weighted by Gasteiger charge is 2.17. The highest BCUT2D eigenvalue weighted by Crippen LogP contribution is 2.29. The van der Waals surface area contributed by atoms with Crippen LogP contribution in [0.5, 0.6) is 0 Å². The first-order chi connectivity index (χ1) is 12.2. The van der Waals surface area contributed by atoms with E-state index < -0.39 is 0 Å². The third kappa shape index (κ3) is 5.07. The Labute approximate surface area is 150 Å². The summed E-state index contributed by atoms with van der Waals surface area (Å²) in [6.07, 6.45) is 10.8. The molecule has 1 heteroatoms. The molecule has 2 aromatic carbocycles. The molecule has 0 nitrogen and oxygen atoms in total. The average Bonchev–Trinajstić information content (AvgIpc) is 2.67. The summed E-state index contributed by atoms with van der Waals surface area (Å²) < 4.78 is 13.0. The van der Waals surface area contributed by atoms with E-state index in [1.165, 1.54) is 37.8 Å². The predicted molar refractivity (Wildman–Crippen MR) is 104 cm³/mol. The summed E-state index contributed by atoms with van der Waals surface area (Å²) in [5.41, 5.74) is 3.17. The van der Waals surface area contributed by atoms with E-state index in [1.54, 1.807) is 12.1 Å². The number of halogens is 1. The minimum Gasteiger partial charge on any atom is -0.207 e. The Morgan fingerprint density at radius 3 is 2.12 bits per heavy atom. The van der Waals surface area contributed by atoms with Crippen molar-refractivity contribution >= 4 is 0 Å². The summed E-state index contributed by atoms with van der Waals surface area (Å²) in [5, 5.41) is 0. The Kier molecular flexibility index (Phi) is 6.07. The fraction of sp³-hybridized carbons (Fsp3) is 0.333. The van der Waals surface area contributed by atoms with E-state index in [1.807, 2.05) is 0 Å². The van der Waals surface area contributed by atoms with Gasteiger partial charge < -0.3 is 0 Å². The van der Waals surface area contributed by atoms with Crippen LogP contribution < -0.4 is 0 Å². The molecule has 1 saturated carbocycles. The molecule has 2 aromatic rings. The Hall–Kier alpha value is -2.33. The van der Waals surface area contributed by atoms with Crippen LogP contribution in [0.2, 0.25) is 0 Å². The Bertz CT molecular complexity index is 748. The van der Waals surface area contributed by atoms with Gasteiger partial charge >= 0.3 is 0 Å². The van der Waals surface area contributed by atoms with Gasteiger partial charge in [-0.1, -0.05) is 55.2 Å². The van der Waals surface area contributed by atoms with E-state index in [-0.39, 0.29) is 5.82 Å². The van der Waals surface area contributed by atoms with Crippen LogP contribution in [0.1, 0.15) is 44.6 Å². The van der Waals surface area contributed by atoms with E-state index in [4.69, 9.17) is 0 Å². The maximum atomic E-state index is 13.0. The lowest BCUT2D eigenvalue weighted by atomic mass is 9.82. The van der Waals surface area contributed by atoms with Crippen molar-refractivity contribution in [2.24, 2.45) is 11.8 Å². The number of benzene rings is 2. The minimum atomic E-state index is -0.203. The standard InChI is InChI=1S/C24H25F/c1-2-3-4-19-5-7-20(8-6-19)9-10-21-11-13-22(14-12-21)23-15-17-24(25)18-16-23/h3-4,11-20H,2,5-8H2,1H3/t19-,20-. The molecule has 0 atom stereocenters. The summed E-state index contributed by atoms with van der Waals surface area (Å²) in [6, 6.07) is 14.8. The van der Waals surface area contributed by atoms with Gasteiger partial charge in [0.05, 0.1) is 0 Å². The molecule has 25 heavy (non-hydrogen) atoms. The fourth-order valence-electron chi connectivity index (χ4n) is 3.36. The summed E-state index contributed by atoms with van der Waals surface area (Å²) in [5.74, 6) is 7.88. The number of hydrogen-bond acceptors (Lipinski definition) is 0. The van der Waals surface area contributed by atoms with Crippen LogP contribution in [0.15, 0.2) is 60.7 Å². The van der Waals surface area contributed by atoms with Crippen molar-refractivity contribution in [2.75, 3.05) is 0 Å². The van der Waals surface area contributed by atoms with Crippen LogP contribution in [0.4, 0.5) is 4.39 Å². The Morgan fingerprint density at radius 1 is 0.920 bits per heavy atom. The van der Waals surface area contributed by atoms with Crippen molar-refractivity contribution < 1.29 is 4.39 Å². The third-order valence-corrected chi connectivity index (χ3v) is 4.90. The van der Waals surface area contributed by atoms with Gasteiger partial charge in [-0.05, 0) is 73.4 Å². The maximum Gasteiger partial charge on any atom is 0.123 e. The molecular weight excluding hydrogens is 307 g/mol. The van der Waals surface area contributed by atoms with E-state index in [0.717, 1.165) is 29.0 Å². The molecule has 0 heterocycles. The van der Waals surface area contributed by atoms with Crippen LogP contribution in [-0.4, -0.2) is 0 Å². The van der Waals surface area contributed by atoms with Crippen LogP contribution in [0.3, 0.4) is 0 Å². The average molecular weight is 332 g/mol. The normalized spacial score (nSPS) is 20.2. The molecule has 0 radical (unpaired) electrons. The Morgan fingerprint density at radius 2 is 1.52 bits per heavy atom. The number of allylic oxidation sites excluding steroid dienone is 2. The van der Waals surface area contributed by atoms with E-state index in [0.29, 0.717) is 5.92 Å². The topological polar surface area (TPSA) is 0 Å². The van der Waals surface area contributed by atoms with Crippen molar-refractivity contribution in [1.29, 1.82) is 0 Å². The van der Waals surface area contributed by atoms with Crippen molar-refractivity contribution in [3.63, 3.8) is 0 Å². The first-order valence-electron chi connectivity index (χ1n) is 9.29. The van der Waals surface area contributed by atoms with E-state index in [2.05, 4.69) is 55.2 Å². The molecule has 0 amide bonds. The molecular formula is C24H25F. The lowest BCUT2D eigenvalue weighted by Gasteiger charge is -2.23. The third-order valence-electron chi connectivity index (χ3n) is 4.90. The fourth-order valence-corrected chi connectivity index (χ4v) is 3.36.